The molecule has 224 valence electrons. The molecule has 1 spiro atoms. The molecule has 0 radical (unpaired) electrons. The van der Waals surface area contributed by atoms with E-state index in [0.717, 1.165) is 57.4 Å². The van der Waals surface area contributed by atoms with Gasteiger partial charge < -0.3 is 9.47 Å². The standard InChI is InChI=1S/C24H23IO4.C11H9F.CH3F/c1-13-6-7-20(19-5-3-2-4-18(13)19)25-21-22(26)28-24(29-23(21)27)16-9-14-8-15(11-16)12-17(24)10-14;1-8-6-7-11(12)10-5-3-2-4-9(8)10;1-2/h2-7,14-17H,8-12H2,1H3;2-7H,1H3;1H3/i;12-1;1D. The van der Waals surface area contributed by atoms with Gasteiger partial charge in [0.25, 0.3) is 5.79 Å². The molecule has 4 nitrogen and oxygen atoms in total. The maximum absolute atomic E-state index is 13.2. The van der Waals surface area contributed by atoms with E-state index in [-0.39, 0.29) is 21.2 Å². The number of fused-ring (bicyclic) bond motifs is 2. The molecule has 5 fully saturated rings. The van der Waals surface area contributed by atoms with Gasteiger partial charge in [-0.05, 0) is 97.2 Å². The largest absolute Gasteiger partial charge is 0.418 e. The summed E-state index contributed by atoms with van der Waals surface area (Å²) < 4.78 is 42.1. The Labute approximate surface area is 261 Å². The predicted molar refractivity (Wildman–Crippen MR) is 174 cm³/mol. The number of halogens is 3. The van der Waals surface area contributed by atoms with Gasteiger partial charge in [-0.25, -0.2) is 14.0 Å². The lowest BCUT2D eigenvalue weighted by molar-refractivity contribution is -0.308. The van der Waals surface area contributed by atoms with Crippen LogP contribution in [0.3, 0.4) is 0 Å². The van der Waals surface area contributed by atoms with Crippen molar-refractivity contribution in [1.29, 1.82) is 0 Å². The van der Waals surface area contributed by atoms with Gasteiger partial charge >= 0.3 is 11.9 Å². The summed E-state index contributed by atoms with van der Waals surface area (Å²) >= 11 is -0.977. The van der Waals surface area contributed by atoms with Crippen molar-refractivity contribution in [2.45, 2.75) is 51.7 Å². The Morgan fingerprint density at radius 3 is 1.72 bits per heavy atom. The Balaban J connectivity index is 0.000000191. The minimum atomic E-state index is -1.00. The Morgan fingerprint density at radius 2 is 1.19 bits per heavy atom. The second-order valence-corrected chi connectivity index (χ2v) is 14.8. The maximum Gasteiger partial charge on any atom is 0.354 e. The predicted octanol–water partition coefficient (Wildman–Crippen LogP) is 8.59. The van der Waals surface area contributed by atoms with Crippen molar-refractivity contribution in [2.24, 2.45) is 23.7 Å². The molecule has 9 rings (SSSR count). The number of aryl methyl sites for hydroxylation is 2. The van der Waals surface area contributed by atoms with Crippen molar-refractivity contribution in [3.8, 4) is 0 Å². The van der Waals surface area contributed by atoms with Gasteiger partial charge in [0, 0.05) is 20.8 Å². The fourth-order valence-corrected chi connectivity index (χ4v) is 10.1. The minimum Gasteiger partial charge on any atom is -0.418 e. The molecule has 0 aromatic heterocycles. The summed E-state index contributed by atoms with van der Waals surface area (Å²) in [7, 11) is -1.00. The smallest absolute Gasteiger partial charge is 0.354 e. The van der Waals surface area contributed by atoms with E-state index in [1.165, 1.54) is 23.4 Å². The molecule has 5 aliphatic rings. The van der Waals surface area contributed by atoms with Crippen molar-refractivity contribution >= 4 is 57.7 Å². The molecule has 1 aliphatic heterocycles. The quantitative estimate of drug-likeness (QED) is 0.148. The minimum absolute atomic E-state index is 0.142. The van der Waals surface area contributed by atoms with Gasteiger partial charge in [0.1, 0.15) is 5.82 Å². The Morgan fingerprint density at radius 1 is 0.721 bits per heavy atom. The van der Waals surface area contributed by atoms with Gasteiger partial charge in [0.15, 0.2) is 3.51 Å². The lowest BCUT2D eigenvalue weighted by Crippen LogP contribution is -2.65. The molecule has 1 saturated heterocycles. The first-order valence-corrected chi connectivity index (χ1v) is 16.9. The average molecular weight is 697 g/mol. The van der Waals surface area contributed by atoms with E-state index < -0.39 is 45.6 Å². The molecule has 4 saturated carbocycles. The molecule has 43 heavy (non-hydrogen) atoms. The highest BCUT2D eigenvalue weighted by atomic mass is 127. The van der Waals surface area contributed by atoms with Crippen molar-refractivity contribution in [3.63, 3.8) is 0 Å². The Kier molecular flexibility index (Phi) is 8.01. The number of benzene rings is 4. The molecule has 4 bridgehead atoms. The van der Waals surface area contributed by atoms with Gasteiger partial charge in [-0.2, -0.15) is 0 Å². The second-order valence-electron chi connectivity index (χ2n) is 12.0. The first kappa shape index (κ1) is 28.6. The van der Waals surface area contributed by atoms with Crippen LogP contribution >= 0.6 is 20.7 Å². The third-order valence-corrected chi connectivity index (χ3v) is 12.5. The molecule has 0 atom stereocenters. The summed E-state index contributed by atoms with van der Waals surface area (Å²) in [6, 6.07) is 23.1. The van der Waals surface area contributed by atoms with E-state index in [0.29, 0.717) is 5.39 Å². The Hall–Kier alpha value is -3.20. The molecule has 1 heterocycles. The van der Waals surface area contributed by atoms with E-state index in [4.69, 9.17) is 10.8 Å². The summed E-state index contributed by atoms with van der Waals surface area (Å²) in [6.07, 6.45) is 5.41. The summed E-state index contributed by atoms with van der Waals surface area (Å²) in [4.78, 5) is 26.2. The van der Waals surface area contributed by atoms with Crippen LogP contribution in [0.1, 0.15) is 44.6 Å². The van der Waals surface area contributed by atoms with E-state index in [9.17, 15) is 18.4 Å². The number of alkyl halides is 1. The summed E-state index contributed by atoms with van der Waals surface area (Å²) in [6.45, 7) is 4.07. The molecular formula is C36H35F2IO4. The van der Waals surface area contributed by atoms with Crippen LogP contribution in [0.15, 0.2) is 72.8 Å². The maximum atomic E-state index is 13.2. The lowest BCUT2D eigenvalue weighted by atomic mass is 9.53. The van der Waals surface area contributed by atoms with Crippen LogP contribution in [-0.4, -0.2) is 28.4 Å². The number of carbonyl (C=O) groups is 2. The highest BCUT2D eigenvalue weighted by molar-refractivity contribution is 14.2. The van der Waals surface area contributed by atoms with Gasteiger partial charge in [0.2, 0.25) is 0 Å². The molecule has 0 unspecified atom stereocenters. The van der Waals surface area contributed by atoms with Crippen LogP contribution in [-0.2, 0) is 19.1 Å². The number of hydrogen-bond donors (Lipinski definition) is 0. The molecule has 4 aromatic carbocycles. The zero-order valence-electron chi connectivity index (χ0n) is 25.2. The van der Waals surface area contributed by atoms with Crippen molar-refractivity contribution < 1.29 is 29.2 Å². The van der Waals surface area contributed by atoms with Crippen LogP contribution in [0.25, 0.3) is 21.5 Å². The second kappa shape index (κ2) is 12.1. The van der Waals surface area contributed by atoms with Crippen LogP contribution in [0.5, 0.6) is 0 Å². The van der Waals surface area contributed by atoms with Crippen molar-refractivity contribution in [2.75, 3.05) is 7.15 Å². The van der Waals surface area contributed by atoms with Crippen LogP contribution in [0.2, 0.25) is 0 Å². The van der Waals surface area contributed by atoms with Gasteiger partial charge in [-0.15, -0.1) is 0 Å². The Bertz CT molecular complexity index is 1680. The average Bonchev–Trinajstić information content (AvgIpc) is 3.01. The molecule has 7 heteroatoms. The van der Waals surface area contributed by atoms with Crippen molar-refractivity contribution in [3.05, 3.63) is 93.3 Å². The van der Waals surface area contributed by atoms with Crippen molar-refractivity contribution in [1.82, 2.24) is 0 Å². The summed E-state index contributed by atoms with van der Waals surface area (Å²) in [5, 5.41) is 3.98. The molecule has 0 N–H and O–H groups in total. The zero-order chi connectivity index (χ0) is 31.0. The third kappa shape index (κ3) is 5.38. The molecule has 0 amide bonds. The highest BCUT2D eigenvalue weighted by Gasteiger charge is 2.64. The molecular weight excluding hydrogens is 660 g/mol. The first-order valence-electron chi connectivity index (χ1n) is 15.4. The van der Waals surface area contributed by atoms with Gasteiger partial charge in [-0.1, -0.05) is 81.4 Å². The van der Waals surface area contributed by atoms with Crippen LogP contribution < -0.4 is 0 Å². The van der Waals surface area contributed by atoms with E-state index >= 15 is 0 Å². The van der Waals surface area contributed by atoms with Gasteiger partial charge in [0.05, 0.1) is 8.52 Å². The highest BCUT2D eigenvalue weighted by Crippen LogP contribution is 2.60. The third-order valence-electron chi connectivity index (χ3n) is 9.51. The SMILES string of the molecule is Cc1ccc(I=C2C(=O)OC3(OC2=O)C2CC4CC(C2)CC3C4)c2ccccc12.Cc1ccc([18F])c2ccccc12.[2H]CF. The monoisotopic (exact) mass is 696 g/mol. The first-order chi connectivity index (χ1) is 21.2. The van der Waals surface area contributed by atoms with Gasteiger partial charge in [-0.3, -0.25) is 4.39 Å². The van der Waals surface area contributed by atoms with E-state index in [1.54, 1.807) is 12.1 Å². The number of hydrogen-bond acceptors (Lipinski definition) is 4. The fourth-order valence-electron chi connectivity index (χ4n) is 7.75. The fraction of sp³-hybridized carbons (Fsp3) is 0.361. The molecule has 4 aromatic rings. The number of ether oxygens (including phenoxy) is 2. The number of rotatable bonds is 1. The number of esters is 2. The topological polar surface area (TPSA) is 52.6 Å². The van der Waals surface area contributed by atoms with Crippen LogP contribution in [0, 0.1) is 46.9 Å². The lowest BCUT2D eigenvalue weighted by Gasteiger charge is -2.59. The van der Waals surface area contributed by atoms with E-state index in [2.05, 4.69) is 25.1 Å². The van der Waals surface area contributed by atoms with E-state index in [1.807, 2.05) is 43.3 Å². The summed E-state index contributed by atoms with van der Waals surface area (Å²) in [5.41, 5.74) is 2.31. The molecule has 4 aliphatic carbocycles. The van der Waals surface area contributed by atoms with Crippen LogP contribution in [0.4, 0.5) is 8.78 Å². The normalized spacial score (nSPS) is 27.2. The zero-order valence-corrected chi connectivity index (χ0v) is 26.4. The summed E-state index contributed by atoms with van der Waals surface area (Å²) in [5.74, 6) is -0.161. The number of carbonyl (C=O) groups excluding carboxylic acids is 2.